The average molecular weight is 389 g/mol. The molecule has 4 nitrogen and oxygen atoms in total. The van der Waals surface area contributed by atoms with Gasteiger partial charge in [0.2, 0.25) is 0 Å². The van der Waals surface area contributed by atoms with Gasteiger partial charge in [0.15, 0.2) is 8.32 Å². The predicted octanol–water partition coefficient (Wildman–Crippen LogP) is 4.93. The second-order valence-corrected chi connectivity index (χ2v) is 12.8. The van der Waals surface area contributed by atoms with Gasteiger partial charge >= 0.3 is 5.97 Å². The van der Waals surface area contributed by atoms with E-state index in [0.29, 0.717) is 0 Å². The molecule has 2 unspecified atom stereocenters. The molecule has 0 heterocycles. The van der Waals surface area contributed by atoms with Crippen LogP contribution in [0.15, 0.2) is 18.2 Å². The van der Waals surface area contributed by atoms with Crippen LogP contribution in [0.25, 0.3) is 0 Å². The summed E-state index contributed by atoms with van der Waals surface area (Å²) in [4.78, 5) is 11.8. The fourth-order valence-electron chi connectivity index (χ4n) is 2.11. The standard InChI is InChI=1S/C19H30F2O4Si/c1-13(12-24-16-9-14(20)8-15(21)10-16)17(11-18(22)23-5)25-26(6,7)19(2,3)4/h8-10,13,17H,11-12H2,1-7H3. The van der Waals surface area contributed by atoms with E-state index in [1.165, 1.54) is 7.11 Å². The van der Waals surface area contributed by atoms with E-state index in [1.807, 2.05) is 6.92 Å². The maximum absolute atomic E-state index is 13.3. The first kappa shape index (κ1) is 22.6. The molecule has 0 aliphatic heterocycles. The van der Waals surface area contributed by atoms with E-state index in [4.69, 9.17) is 13.9 Å². The number of esters is 1. The third-order valence-electron chi connectivity index (χ3n) is 4.83. The maximum Gasteiger partial charge on any atom is 0.308 e. The Morgan fingerprint density at radius 3 is 2.15 bits per heavy atom. The van der Waals surface area contributed by atoms with Crippen molar-refractivity contribution in [2.45, 2.75) is 58.4 Å². The number of rotatable bonds is 8. The van der Waals surface area contributed by atoms with Gasteiger partial charge < -0.3 is 13.9 Å². The Kier molecular flexibility index (Phi) is 7.77. The Morgan fingerprint density at radius 2 is 1.69 bits per heavy atom. The molecule has 0 saturated heterocycles. The molecule has 0 spiro atoms. The van der Waals surface area contributed by atoms with Crippen molar-refractivity contribution in [3.63, 3.8) is 0 Å². The summed E-state index contributed by atoms with van der Waals surface area (Å²) in [6.07, 6.45) is -0.299. The van der Waals surface area contributed by atoms with Crippen LogP contribution < -0.4 is 4.74 Å². The normalized spacial score (nSPS) is 14.7. The fraction of sp³-hybridized carbons (Fsp3) is 0.632. The first-order valence-corrected chi connectivity index (χ1v) is 11.6. The third kappa shape index (κ3) is 6.68. The summed E-state index contributed by atoms with van der Waals surface area (Å²) in [5, 5.41) is -0.0202. The van der Waals surface area contributed by atoms with E-state index in [2.05, 4.69) is 33.9 Å². The van der Waals surface area contributed by atoms with Crippen LogP contribution in [0.5, 0.6) is 5.75 Å². The maximum atomic E-state index is 13.3. The van der Waals surface area contributed by atoms with Gasteiger partial charge in [-0.05, 0) is 18.1 Å². The van der Waals surface area contributed by atoms with Crippen molar-refractivity contribution in [2.75, 3.05) is 13.7 Å². The van der Waals surface area contributed by atoms with Crippen molar-refractivity contribution < 1.29 is 27.5 Å². The molecule has 0 bridgehead atoms. The number of halogens is 2. The Bertz CT molecular complexity index is 594. The minimum Gasteiger partial charge on any atom is -0.493 e. The topological polar surface area (TPSA) is 44.8 Å². The number of carbonyl (C=O) groups is 1. The minimum atomic E-state index is -2.12. The molecule has 1 aromatic rings. The summed E-state index contributed by atoms with van der Waals surface area (Å²) in [7, 11) is -0.784. The van der Waals surface area contributed by atoms with E-state index < -0.39 is 26.1 Å². The predicted molar refractivity (Wildman–Crippen MR) is 99.7 cm³/mol. The second-order valence-electron chi connectivity index (χ2n) is 8.09. The monoisotopic (exact) mass is 388 g/mol. The van der Waals surface area contributed by atoms with Crippen molar-refractivity contribution in [2.24, 2.45) is 5.92 Å². The SMILES string of the molecule is COC(=O)CC(O[Si](C)(C)C(C)(C)C)C(C)COc1cc(F)cc(F)c1. The molecule has 0 aromatic heterocycles. The van der Waals surface area contributed by atoms with Gasteiger partial charge in [-0.3, -0.25) is 4.79 Å². The Balaban J connectivity index is 2.86. The molecule has 0 aliphatic carbocycles. The van der Waals surface area contributed by atoms with Gasteiger partial charge in [0.1, 0.15) is 17.4 Å². The smallest absolute Gasteiger partial charge is 0.308 e. The van der Waals surface area contributed by atoms with Crippen LogP contribution in [0.2, 0.25) is 18.1 Å². The molecular weight excluding hydrogens is 358 g/mol. The van der Waals surface area contributed by atoms with Crippen LogP contribution in [0, 0.1) is 17.6 Å². The molecule has 148 valence electrons. The zero-order valence-corrected chi connectivity index (χ0v) is 17.7. The van der Waals surface area contributed by atoms with Gasteiger partial charge in [-0.1, -0.05) is 27.7 Å². The van der Waals surface area contributed by atoms with Crippen LogP contribution in [0.1, 0.15) is 34.1 Å². The molecule has 1 rings (SSSR count). The van der Waals surface area contributed by atoms with Gasteiger partial charge in [0.05, 0.1) is 26.2 Å². The molecule has 0 saturated carbocycles. The number of methoxy groups -OCH3 is 1. The van der Waals surface area contributed by atoms with Crippen molar-refractivity contribution in [1.29, 1.82) is 0 Å². The van der Waals surface area contributed by atoms with Crippen molar-refractivity contribution >= 4 is 14.3 Å². The lowest BCUT2D eigenvalue weighted by Gasteiger charge is -2.40. The van der Waals surface area contributed by atoms with Crippen LogP contribution >= 0.6 is 0 Å². The second kappa shape index (κ2) is 8.95. The first-order valence-electron chi connectivity index (χ1n) is 8.69. The van der Waals surface area contributed by atoms with E-state index in [9.17, 15) is 13.6 Å². The quantitative estimate of drug-likeness (QED) is 0.468. The van der Waals surface area contributed by atoms with E-state index in [0.717, 1.165) is 18.2 Å². The number of benzene rings is 1. The molecule has 1 aromatic carbocycles. The van der Waals surface area contributed by atoms with Crippen LogP contribution in [0.4, 0.5) is 8.78 Å². The van der Waals surface area contributed by atoms with E-state index in [-0.39, 0.29) is 35.7 Å². The molecule has 26 heavy (non-hydrogen) atoms. The Hall–Kier alpha value is -1.47. The highest BCUT2D eigenvalue weighted by Gasteiger charge is 2.40. The number of carbonyl (C=O) groups excluding carboxylic acids is 1. The molecule has 0 fully saturated rings. The Labute approximate surface area is 156 Å². The third-order valence-corrected chi connectivity index (χ3v) is 9.34. The van der Waals surface area contributed by atoms with E-state index >= 15 is 0 Å². The molecule has 0 N–H and O–H groups in total. The molecule has 0 radical (unpaired) electrons. The zero-order valence-electron chi connectivity index (χ0n) is 16.7. The summed E-state index contributed by atoms with van der Waals surface area (Å²) in [6.45, 7) is 12.6. The van der Waals surface area contributed by atoms with Crippen molar-refractivity contribution in [3.05, 3.63) is 29.8 Å². The van der Waals surface area contributed by atoms with Crippen LogP contribution in [0.3, 0.4) is 0 Å². The lowest BCUT2D eigenvalue weighted by Crippen LogP contribution is -2.46. The van der Waals surface area contributed by atoms with Gasteiger partial charge in [-0.25, -0.2) is 8.78 Å². The van der Waals surface area contributed by atoms with Crippen LogP contribution in [-0.4, -0.2) is 34.1 Å². The fourth-order valence-corrected chi connectivity index (χ4v) is 3.53. The molecule has 0 aliphatic rings. The van der Waals surface area contributed by atoms with Crippen molar-refractivity contribution in [3.8, 4) is 5.75 Å². The summed E-state index contributed by atoms with van der Waals surface area (Å²) >= 11 is 0. The lowest BCUT2D eigenvalue weighted by molar-refractivity contribution is -0.143. The highest BCUT2D eigenvalue weighted by Crippen LogP contribution is 2.38. The number of hydrogen-bond acceptors (Lipinski definition) is 4. The first-order chi connectivity index (χ1) is 11.9. The van der Waals surface area contributed by atoms with Gasteiger partial charge in [-0.15, -0.1) is 0 Å². The van der Waals surface area contributed by atoms with Crippen LogP contribution in [-0.2, 0) is 14.0 Å². The van der Waals surface area contributed by atoms with Gasteiger partial charge in [0, 0.05) is 24.1 Å². The van der Waals surface area contributed by atoms with Gasteiger partial charge in [0.25, 0.3) is 0 Å². The minimum absolute atomic E-state index is 0.0202. The number of hydrogen-bond donors (Lipinski definition) is 0. The molecular formula is C19H30F2O4Si. The van der Waals surface area contributed by atoms with E-state index in [1.54, 1.807) is 0 Å². The Morgan fingerprint density at radius 1 is 1.15 bits per heavy atom. The average Bonchev–Trinajstić information content (AvgIpc) is 2.49. The summed E-state index contributed by atoms with van der Waals surface area (Å²) < 4.78 is 43.3. The highest BCUT2D eigenvalue weighted by molar-refractivity contribution is 6.74. The number of ether oxygens (including phenoxy) is 2. The van der Waals surface area contributed by atoms with Gasteiger partial charge in [-0.2, -0.15) is 0 Å². The summed E-state index contributed by atoms with van der Waals surface area (Å²) in [5.41, 5.74) is 0. The molecule has 7 heteroatoms. The lowest BCUT2D eigenvalue weighted by atomic mass is 10.0. The summed E-state index contributed by atoms with van der Waals surface area (Å²) in [6, 6.07) is 3.04. The molecule has 0 amide bonds. The van der Waals surface area contributed by atoms with Crippen molar-refractivity contribution in [1.82, 2.24) is 0 Å². The zero-order chi connectivity index (χ0) is 20.1. The highest BCUT2D eigenvalue weighted by atomic mass is 28.4. The summed E-state index contributed by atoms with van der Waals surface area (Å²) in [5.74, 6) is -1.82. The largest absolute Gasteiger partial charge is 0.493 e. The molecule has 2 atom stereocenters.